The number of carbonyl (C=O) groups excluding carboxylic acids is 1. The quantitative estimate of drug-likeness (QED) is 0.874. The number of methoxy groups -OCH3 is 1. The average Bonchev–Trinajstić information content (AvgIpc) is 2.87. The van der Waals surface area contributed by atoms with E-state index in [1.54, 1.807) is 49.6 Å². The van der Waals surface area contributed by atoms with Crippen molar-refractivity contribution in [2.24, 2.45) is 4.99 Å². The number of aliphatic imine (C=N–C) groups is 1. The molecule has 4 nitrogen and oxygen atoms in total. The van der Waals surface area contributed by atoms with E-state index in [9.17, 15) is 9.18 Å². The third-order valence-electron chi connectivity index (χ3n) is 3.10. The zero-order valence-corrected chi connectivity index (χ0v) is 13.1. The number of amidine groups is 1. The van der Waals surface area contributed by atoms with Gasteiger partial charge in [-0.2, -0.15) is 0 Å². The normalized spacial score (nSPS) is 17.6. The molecule has 0 unspecified atom stereocenters. The van der Waals surface area contributed by atoms with Crippen LogP contribution < -0.4 is 10.1 Å². The fourth-order valence-electron chi connectivity index (χ4n) is 2.00. The van der Waals surface area contributed by atoms with E-state index in [-0.39, 0.29) is 11.7 Å². The highest BCUT2D eigenvalue weighted by Gasteiger charge is 2.23. The van der Waals surface area contributed by atoms with Crippen LogP contribution in [0.25, 0.3) is 6.08 Å². The first-order chi connectivity index (χ1) is 11.1. The second kappa shape index (κ2) is 6.66. The van der Waals surface area contributed by atoms with Crippen LogP contribution in [-0.2, 0) is 4.79 Å². The molecular weight excluding hydrogens is 315 g/mol. The first kappa shape index (κ1) is 15.3. The van der Waals surface area contributed by atoms with Gasteiger partial charge in [0, 0.05) is 0 Å². The maximum absolute atomic E-state index is 13.2. The summed E-state index contributed by atoms with van der Waals surface area (Å²) >= 11 is 1.22. The number of nitrogens with one attached hydrogen (secondary N) is 1. The molecule has 0 bridgehead atoms. The summed E-state index contributed by atoms with van der Waals surface area (Å²) in [6, 6.07) is 13.3. The number of thioether (sulfide) groups is 1. The number of benzene rings is 2. The maximum atomic E-state index is 13.2. The number of hydrogen-bond acceptors (Lipinski definition) is 4. The third kappa shape index (κ3) is 3.78. The summed E-state index contributed by atoms with van der Waals surface area (Å²) in [5.41, 5.74) is 1.34. The van der Waals surface area contributed by atoms with E-state index < -0.39 is 0 Å². The molecule has 1 fully saturated rings. The number of halogens is 1. The van der Waals surface area contributed by atoms with Crippen molar-refractivity contribution in [3.63, 3.8) is 0 Å². The van der Waals surface area contributed by atoms with Gasteiger partial charge in [-0.25, -0.2) is 9.38 Å². The monoisotopic (exact) mass is 328 g/mol. The largest absolute Gasteiger partial charge is 0.497 e. The lowest BCUT2D eigenvalue weighted by Gasteiger charge is -1.99. The highest BCUT2D eigenvalue weighted by molar-refractivity contribution is 8.18. The number of hydrogen-bond donors (Lipinski definition) is 1. The van der Waals surface area contributed by atoms with Gasteiger partial charge in [-0.3, -0.25) is 4.79 Å². The Morgan fingerprint density at radius 2 is 2.00 bits per heavy atom. The highest BCUT2D eigenvalue weighted by Crippen LogP contribution is 2.28. The first-order valence-electron chi connectivity index (χ1n) is 6.83. The van der Waals surface area contributed by atoms with Gasteiger partial charge >= 0.3 is 0 Å². The first-order valence-corrected chi connectivity index (χ1v) is 7.65. The molecule has 0 saturated carbocycles. The summed E-state index contributed by atoms with van der Waals surface area (Å²) in [6.07, 6.45) is 1.64. The second-order valence-corrected chi connectivity index (χ2v) is 5.77. The predicted octanol–water partition coefficient (Wildman–Crippen LogP) is 3.73. The summed E-state index contributed by atoms with van der Waals surface area (Å²) in [4.78, 5) is 16.8. The Morgan fingerprint density at radius 1 is 1.22 bits per heavy atom. The molecule has 1 N–H and O–H groups in total. The van der Waals surface area contributed by atoms with Crippen molar-refractivity contribution in [1.29, 1.82) is 0 Å². The van der Waals surface area contributed by atoms with E-state index in [1.165, 1.54) is 23.9 Å². The molecule has 3 rings (SSSR count). The Hall–Kier alpha value is -2.60. The van der Waals surface area contributed by atoms with Crippen LogP contribution >= 0.6 is 11.8 Å². The minimum absolute atomic E-state index is 0.244. The molecule has 1 saturated heterocycles. The Morgan fingerprint density at radius 3 is 2.70 bits per heavy atom. The van der Waals surface area contributed by atoms with Gasteiger partial charge in [0.05, 0.1) is 17.7 Å². The van der Waals surface area contributed by atoms with Gasteiger partial charge in [0.15, 0.2) is 5.17 Å². The highest BCUT2D eigenvalue weighted by atomic mass is 32.2. The van der Waals surface area contributed by atoms with Crippen LogP contribution in [0, 0.1) is 5.82 Å². The summed E-state index contributed by atoms with van der Waals surface area (Å²) in [7, 11) is 1.59. The van der Waals surface area contributed by atoms with Crippen molar-refractivity contribution < 1.29 is 13.9 Å². The molecule has 2 aromatic carbocycles. The number of ether oxygens (including phenoxy) is 1. The van der Waals surface area contributed by atoms with E-state index in [4.69, 9.17) is 4.74 Å². The topological polar surface area (TPSA) is 50.7 Å². The van der Waals surface area contributed by atoms with Gasteiger partial charge in [-0.05, 0) is 59.8 Å². The Labute approximate surface area is 137 Å². The van der Waals surface area contributed by atoms with Crippen LogP contribution in [0.15, 0.2) is 58.4 Å². The van der Waals surface area contributed by atoms with Crippen molar-refractivity contribution in [3.05, 3.63) is 64.8 Å². The van der Waals surface area contributed by atoms with Crippen molar-refractivity contribution in [2.45, 2.75) is 0 Å². The molecule has 1 aliphatic rings. The molecule has 1 amide bonds. The summed E-state index contributed by atoms with van der Waals surface area (Å²) in [5.74, 6) is 0.158. The molecule has 0 aliphatic carbocycles. The minimum Gasteiger partial charge on any atom is -0.497 e. The van der Waals surface area contributed by atoms with E-state index in [2.05, 4.69) is 10.3 Å². The van der Waals surface area contributed by atoms with Crippen molar-refractivity contribution in [2.75, 3.05) is 7.11 Å². The molecule has 1 heterocycles. The van der Waals surface area contributed by atoms with E-state index >= 15 is 0 Å². The zero-order valence-electron chi connectivity index (χ0n) is 12.2. The van der Waals surface area contributed by atoms with Crippen LogP contribution in [0.3, 0.4) is 0 Å². The molecular formula is C17H13FN2O2S. The van der Waals surface area contributed by atoms with Crippen molar-refractivity contribution in [3.8, 4) is 5.75 Å². The van der Waals surface area contributed by atoms with Crippen molar-refractivity contribution >= 4 is 34.6 Å². The molecule has 23 heavy (non-hydrogen) atoms. The van der Waals surface area contributed by atoms with Gasteiger partial charge in [0.2, 0.25) is 0 Å². The third-order valence-corrected chi connectivity index (χ3v) is 4.01. The van der Waals surface area contributed by atoms with Crippen LogP contribution in [-0.4, -0.2) is 18.2 Å². The van der Waals surface area contributed by atoms with Crippen LogP contribution in [0.5, 0.6) is 5.75 Å². The van der Waals surface area contributed by atoms with Crippen LogP contribution in [0.1, 0.15) is 5.56 Å². The molecule has 6 heteroatoms. The maximum Gasteiger partial charge on any atom is 0.264 e. The van der Waals surface area contributed by atoms with Gasteiger partial charge in [0.1, 0.15) is 11.6 Å². The Bertz CT molecular complexity index is 800. The molecule has 0 radical (unpaired) electrons. The standard InChI is InChI=1S/C17H13FN2O2S/c1-22-14-7-5-13(6-8-14)19-17-20-16(21)15(23-17)10-11-3-2-4-12(18)9-11/h2-10H,1H3,(H,19,20,21)/b15-10+. The van der Waals surface area contributed by atoms with Gasteiger partial charge in [-0.1, -0.05) is 12.1 Å². The van der Waals surface area contributed by atoms with Crippen LogP contribution in [0.4, 0.5) is 10.1 Å². The van der Waals surface area contributed by atoms with Gasteiger partial charge < -0.3 is 10.1 Å². The fourth-order valence-corrected chi connectivity index (χ4v) is 2.84. The fraction of sp³-hybridized carbons (Fsp3) is 0.0588. The molecule has 0 atom stereocenters. The predicted molar refractivity (Wildman–Crippen MR) is 90.2 cm³/mol. The number of carbonyl (C=O) groups is 1. The average molecular weight is 328 g/mol. The van der Waals surface area contributed by atoms with E-state index in [0.29, 0.717) is 21.3 Å². The van der Waals surface area contributed by atoms with Gasteiger partial charge in [-0.15, -0.1) is 0 Å². The van der Waals surface area contributed by atoms with E-state index in [0.717, 1.165) is 5.75 Å². The second-order valence-electron chi connectivity index (χ2n) is 4.73. The summed E-state index contributed by atoms with van der Waals surface area (Å²) < 4.78 is 18.3. The molecule has 0 spiro atoms. The Kier molecular flexibility index (Phi) is 4.43. The summed E-state index contributed by atoms with van der Waals surface area (Å²) in [6.45, 7) is 0. The van der Waals surface area contributed by atoms with E-state index in [1.807, 2.05) is 0 Å². The molecule has 2 aromatic rings. The number of rotatable bonds is 3. The minimum atomic E-state index is -0.338. The molecule has 116 valence electrons. The van der Waals surface area contributed by atoms with Crippen molar-refractivity contribution in [1.82, 2.24) is 5.32 Å². The molecule has 1 aliphatic heterocycles. The lowest BCUT2D eigenvalue weighted by atomic mass is 10.2. The SMILES string of the molecule is COc1ccc(N=C2NC(=O)/C(=C\c3cccc(F)c3)S2)cc1. The molecule has 0 aromatic heterocycles. The Balaban J connectivity index is 1.80. The smallest absolute Gasteiger partial charge is 0.264 e. The number of nitrogens with zero attached hydrogens (tertiary/aromatic N) is 1. The number of amides is 1. The lowest BCUT2D eigenvalue weighted by molar-refractivity contribution is -0.115. The van der Waals surface area contributed by atoms with Gasteiger partial charge in [0.25, 0.3) is 5.91 Å². The van der Waals surface area contributed by atoms with Crippen LogP contribution in [0.2, 0.25) is 0 Å². The lowest BCUT2D eigenvalue weighted by Crippen LogP contribution is -2.19. The summed E-state index contributed by atoms with van der Waals surface area (Å²) in [5, 5.41) is 3.19. The zero-order chi connectivity index (χ0) is 16.2.